The number of halogens is 1. The molecule has 3 amide bonds. The standard InChI is InChI=1S/C16H23ClN4O2/c1-20(2)9-3-8-18-16(23)19-13-10-15(22)21(11-13)14-6-4-12(17)5-7-14/h4-7,13H,3,8-11H2,1-2H3,(H2,18,19,23)/p+1/t13-/m1/s1. The van der Waals surface area contributed by atoms with Crippen LogP contribution in [0.3, 0.4) is 0 Å². The third-order valence-corrected chi connectivity index (χ3v) is 3.99. The van der Waals surface area contributed by atoms with Crippen molar-refractivity contribution in [3.8, 4) is 0 Å². The van der Waals surface area contributed by atoms with Crippen LogP contribution in [0.5, 0.6) is 0 Å². The van der Waals surface area contributed by atoms with E-state index in [1.807, 2.05) is 12.1 Å². The lowest BCUT2D eigenvalue weighted by atomic mass is 10.2. The van der Waals surface area contributed by atoms with Crippen molar-refractivity contribution in [3.63, 3.8) is 0 Å². The summed E-state index contributed by atoms with van der Waals surface area (Å²) >= 11 is 5.86. The molecule has 1 saturated heterocycles. The van der Waals surface area contributed by atoms with Gasteiger partial charge in [-0.2, -0.15) is 0 Å². The van der Waals surface area contributed by atoms with Gasteiger partial charge in [-0.3, -0.25) is 4.79 Å². The second-order valence-electron chi connectivity index (χ2n) is 6.09. The highest BCUT2D eigenvalue weighted by Gasteiger charge is 2.31. The monoisotopic (exact) mass is 339 g/mol. The van der Waals surface area contributed by atoms with E-state index in [4.69, 9.17) is 11.6 Å². The minimum absolute atomic E-state index is 0.00818. The second-order valence-corrected chi connectivity index (χ2v) is 6.53. The van der Waals surface area contributed by atoms with Gasteiger partial charge in [-0.1, -0.05) is 11.6 Å². The molecule has 1 aliphatic rings. The number of benzene rings is 1. The van der Waals surface area contributed by atoms with Gasteiger partial charge in [-0.05, 0) is 24.3 Å². The topological polar surface area (TPSA) is 65.9 Å². The van der Waals surface area contributed by atoms with Crippen molar-refractivity contribution in [1.82, 2.24) is 10.6 Å². The minimum atomic E-state index is -0.213. The number of quaternary nitrogens is 1. The van der Waals surface area contributed by atoms with Crippen LogP contribution in [0.1, 0.15) is 12.8 Å². The van der Waals surface area contributed by atoms with E-state index in [9.17, 15) is 9.59 Å². The Morgan fingerprint density at radius 2 is 2.04 bits per heavy atom. The first-order valence-corrected chi connectivity index (χ1v) is 8.23. The summed E-state index contributed by atoms with van der Waals surface area (Å²) in [4.78, 5) is 27.0. The molecule has 0 unspecified atom stereocenters. The molecule has 0 radical (unpaired) electrons. The van der Waals surface area contributed by atoms with Crippen molar-refractivity contribution in [2.45, 2.75) is 18.9 Å². The van der Waals surface area contributed by atoms with Crippen molar-refractivity contribution in [2.75, 3.05) is 38.6 Å². The van der Waals surface area contributed by atoms with Crippen LogP contribution in [-0.4, -0.2) is 51.7 Å². The zero-order chi connectivity index (χ0) is 16.8. The van der Waals surface area contributed by atoms with Gasteiger partial charge < -0.3 is 20.4 Å². The first kappa shape index (κ1) is 17.6. The Morgan fingerprint density at radius 3 is 2.70 bits per heavy atom. The minimum Gasteiger partial charge on any atom is -0.340 e. The predicted molar refractivity (Wildman–Crippen MR) is 91.0 cm³/mol. The number of carbonyl (C=O) groups is 2. The van der Waals surface area contributed by atoms with E-state index in [1.54, 1.807) is 17.0 Å². The third kappa shape index (κ3) is 5.41. The predicted octanol–water partition coefficient (Wildman–Crippen LogP) is 0.279. The van der Waals surface area contributed by atoms with E-state index in [1.165, 1.54) is 4.90 Å². The molecule has 1 aliphatic heterocycles. The van der Waals surface area contributed by atoms with Crippen LogP contribution in [0.4, 0.5) is 10.5 Å². The lowest BCUT2D eigenvalue weighted by Crippen LogP contribution is -3.05. The van der Waals surface area contributed by atoms with E-state index < -0.39 is 0 Å². The summed E-state index contributed by atoms with van der Waals surface area (Å²) in [5.41, 5.74) is 0.804. The van der Waals surface area contributed by atoms with Gasteiger partial charge >= 0.3 is 6.03 Å². The number of carbonyl (C=O) groups excluding carboxylic acids is 2. The zero-order valence-corrected chi connectivity index (χ0v) is 14.3. The van der Waals surface area contributed by atoms with Gasteiger partial charge in [-0.15, -0.1) is 0 Å². The molecule has 126 valence electrons. The maximum absolute atomic E-state index is 12.1. The Balaban J connectivity index is 1.78. The zero-order valence-electron chi connectivity index (χ0n) is 13.6. The van der Waals surface area contributed by atoms with E-state index >= 15 is 0 Å². The highest BCUT2D eigenvalue weighted by molar-refractivity contribution is 6.30. The van der Waals surface area contributed by atoms with Crippen molar-refractivity contribution in [3.05, 3.63) is 29.3 Å². The fraction of sp³-hybridized carbons (Fsp3) is 0.500. The maximum atomic E-state index is 12.1. The highest BCUT2D eigenvalue weighted by atomic mass is 35.5. The summed E-state index contributed by atoms with van der Waals surface area (Å²) < 4.78 is 0. The van der Waals surface area contributed by atoms with E-state index in [2.05, 4.69) is 24.7 Å². The largest absolute Gasteiger partial charge is 0.340 e. The first-order chi connectivity index (χ1) is 11.0. The fourth-order valence-corrected chi connectivity index (χ4v) is 2.68. The Bertz CT molecular complexity index is 548. The molecule has 0 aliphatic carbocycles. The first-order valence-electron chi connectivity index (χ1n) is 7.85. The molecule has 1 aromatic rings. The van der Waals surface area contributed by atoms with E-state index in [0.717, 1.165) is 18.7 Å². The summed E-state index contributed by atoms with van der Waals surface area (Å²) in [7, 11) is 4.16. The molecular formula is C16H24ClN4O2+. The van der Waals surface area contributed by atoms with Crippen LogP contribution < -0.4 is 20.4 Å². The van der Waals surface area contributed by atoms with Crippen LogP contribution in [0.2, 0.25) is 5.02 Å². The van der Waals surface area contributed by atoms with Crippen LogP contribution in [0.25, 0.3) is 0 Å². The Morgan fingerprint density at radius 1 is 1.35 bits per heavy atom. The maximum Gasteiger partial charge on any atom is 0.315 e. The molecular weight excluding hydrogens is 316 g/mol. The van der Waals surface area contributed by atoms with E-state index in [0.29, 0.717) is 24.5 Å². The normalized spacial score (nSPS) is 17.7. The van der Waals surface area contributed by atoms with Gasteiger partial charge in [0.15, 0.2) is 0 Å². The molecule has 1 atom stereocenters. The number of amides is 3. The van der Waals surface area contributed by atoms with Crippen molar-refractivity contribution >= 4 is 29.2 Å². The average Bonchev–Trinajstić information content (AvgIpc) is 2.85. The molecule has 23 heavy (non-hydrogen) atoms. The van der Waals surface area contributed by atoms with Crippen LogP contribution in [0.15, 0.2) is 24.3 Å². The van der Waals surface area contributed by atoms with Crippen LogP contribution >= 0.6 is 11.6 Å². The number of hydrogen-bond donors (Lipinski definition) is 3. The molecule has 3 N–H and O–H groups in total. The number of hydrogen-bond acceptors (Lipinski definition) is 2. The van der Waals surface area contributed by atoms with Crippen molar-refractivity contribution in [2.24, 2.45) is 0 Å². The SMILES string of the molecule is C[NH+](C)CCCNC(=O)N[C@@H]1CC(=O)N(c2ccc(Cl)cc2)C1. The second kappa shape index (κ2) is 8.17. The lowest BCUT2D eigenvalue weighted by molar-refractivity contribution is -0.858. The van der Waals surface area contributed by atoms with Gasteiger partial charge in [0.05, 0.1) is 26.7 Å². The smallest absolute Gasteiger partial charge is 0.315 e. The summed E-state index contributed by atoms with van der Waals surface area (Å²) in [6, 6.07) is 6.75. The van der Waals surface area contributed by atoms with Gasteiger partial charge in [-0.25, -0.2) is 4.79 Å². The Hall–Kier alpha value is -1.79. The third-order valence-electron chi connectivity index (χ3n) is 3.74. The highest BCUT2D eigenvalue weighted by Crippen LogP contribution is 2.23. The van der Waals surface area contributed by atoms with Gasteiger partial charge in [0.1, 0.15) is 0 Å². The van der Waals surface area contributed by atoms with Crippen LogP contribution in [0, 0.1) is 0 Å². The summed E-state index contributed by atoms with van der Waals surface area (Å²) in [6.45, 7) is 2.13. The quantitative estimate of drug-likeness (QED) is 0.652. The average molecular weight is 340 g/mol. The molecule has 1 aromatic carbocycles. The number of urea groups is 1. The van der Waals surface area contributed by atoms with Gasteiger partial charge in [0.25, 0.3) is 0 Å². The summed E-state index contributed by atoms with van der Waals surface area (Å²) in [6.07, 6.45) is 1.24. The number of rotatable bonds is 6. The Kier molecular flexibility index (Phi) is 6.24. The van der Waals surface area contributed by atoms with Crippen molar-refractivity contribution < 1.29 is 14.5 Å². The van der Waals surface area contributed by atoms with Crippen molar-refractivity contribution in [1.29, 1.82) is 0 Å². The summed E-state index contributed by atoms with van der Waals surface area (Å²) in [5, 5.41) is 6.33. The molecule has 2 rings (SSSR count). The lowest BCUT2D eigenvalue weighted by Gasteiger charge is -2.17. The van der Waals surface area contributed by atoms with Crippen LogP contribution in [-0.2, 0) is 4.79 Å². The van der Waals surface area contributed by atoms with Gasteiger partial charge in [0.2, 0.25) is 5.91 Å². The molecule has 6 nitrogen and oxygen atoms in total. The number of nitrogens with one attached hydrogen (secondary N) is 3. The number of nitrogens with zero attached hydrogens (tertiary/aromatic N) is 1. The molecule has 7 heteroatoms. The number of anilines is 1. The molecule has 0 spiro atoms. The molecule has 0 aromatic heterocycles. The fourth-order valence-electron chi connectivity index (χ4n) is 2.56. The molecule has 0 saturated carbocycles. The Labute approximate surface area is 141 Å². The molecule has 0 bridgehead atoms. The van der Waals surface area contributed by atoms with Gasteiger partial charge in [0, 0.05) is 36.6 Å². The summed E-state index contributed by atoms with van der Waals surface area (Å²) in [5.74, 6) is 0.00818. The van der Waals surface area contributed by atoms with E-state index in [-0.39, 0.29) is 18.0 Å². The molecule has 1 fully saturated rings. The molecule has 1 heterocycles.